The fraction of sp³-hybridized carbons (Fsp3) is 0.318. The molecule has 2 aromatic carbocycles. The molecule has 0 radical (unpaired) electrons. The Morgan fingerprint density at radius 2 is 1.62 bits per heavy atom. The molecule has 1 amide bonds. The minimum absolute atomic E-state index is 0.0520. The summed E-state index contributed by atoms with van der Waals surface area (Å²) in [6.07, 6.45) is 1.59. The molecule has 0 aliphatic carbocycles. The van der Waals surface area contributed by atoms with Gasteiger partial charge in [0.15, 0.2) is 6.61 Å². The second-order valence-electron chi connectivity index (χ2n) is 7.15. The zero-order chi connectivity index (χ0) is 20.9. The van der Waals surface area contributed by atoms with E-state index < -0.39 is 10.0 Å². The molecule has 29 heavy (non-hydrogen) atoms. The van der Waals surface area contributed by atoms with Gasteiger partial charge in [-0.05, 0) is 48.7 Å². The van der Waals surface area contributed by atoms with Crippen LogP contribution in [0.4, 0.5) is 0 Å². The molecule has 6 nitrogen and oxygen atoms in total. The van der Waals surface area contributed by atoms with E-state index in [-0.39, 0.29) is 25.6 Å². The van der Waals surface area contributed by atoms with Crippen LogP contribution < -0.4 is 4.74 Å². The van der Waals surface area contributed by atoms with E-state index in [0.29, 0.717) is 18.8 Å². The van der Waals surface area contributed by atoms with Crippen LogP contribution in [0.3, 0.4) is 0 Å². The second kappa shape index (κ2) is 9.24. The van der Waals surface area contributed by atoms with Gasteiger partial charge in [0.25, 0.3) is 5.91 Å². The maximum Gasteiger partial charge on any atom is 0.260 e. The monoisotopic (exact) mass is 414 g/mol. The first-order valence-electron chi connectivity index (χ1n) is 9.56. The molecule has 1 saturated heterocycles. The van der Waals surface area contributed by atoms with Gasteiger partial charge in [-0.15, -0.1) is 0 Å². The lowest BCUT2D eigenvalue weighted by Gasteiger charge is -2.33. The van der Waals surface area contributed by atoms with E-state index in [1.165, 1.54) is 9.71 Å². The Hall–Kier alpha value is -2.64. The van der Waals surface area contributed by atoms with E-state index >= 15 is 0 Å². The number of ether oxygens (including phenoxy) is 1. The van der Waals surface area contributed by atoms with Gasteiger partial charge in [0.05, 0.1) is 0 Å². The lowest BCUT2D eigenvalue weighted by atomic mass is 10.1. The van der Waals surface area contributed by atoms with Crippen LogP contribution in [0.25, 0.3) is 6.08 Å². The molecule has 2 aromatic rings. The van der Waals surface area contributed by atoms with Gasteiger partial charge in [-0.25, -0.2) is 8.42 Å². The second-order valence-corrected chi connectivity index (χ2v) is 8.97. The molecule has 1 heterocycles. The molecule has 7 heteroatoms. The average Bonchev–Trinajstić information content (AvgIpc) is 2.71. The molecular weight excluding hydrogens is 388 g/mol. The van der Waals surface area contributed by atoms with Crippen LogP contribution in [0.2, 0.25) is 0 Å². The Labute approximate surface area is 172 Å². The van der Waals surface area contributed by atoms with Crippen LogP contribution in [0.5, 0.6) is 5.75 Å². The van der Waals surface area contributed by atoms with Gasteiger partial charge < -0.3 is 9.64 Å². The van der Waals surface area contributed by atoms with Gasteiger partial charge in [-0.2, -0.15) is 4.31 Å². The predicted molar refractivity (Wildman–Crippen MR) is 114 cm³/mol. The summed E-state index contributed by atoms with van der Waals surface area (Å²) < 4.78 is 32.1. The van der Waals surface area contributed by atoms with Crippen LogP contribution >= 0.6 is 0 Å². The van der Waals surface area contributed by atoms with Crippen molar-refractivity contribution in [1.82, 2.24) is 9.21 Å². The summed E-state index contributed by atoms with van der Waals surface area (Å²) in [4.78, 5) is 14.1. The van der Waals surface area contributed by atoms with Crippen molar-refractivity contribution in [1.29, 1.82) is 0 Å². The SMILES string of the molecule is Cc1cc(C)cc(OCC(=O)N2CCN(S(=O)(=O)/C=C/c3ccccc3)CC2)c1. The Morgan fingerprint density at radius 1 is 1.00 bits per heavy atom. The summed E-state index contributed by atoms with van der Waals surface area (Å²) >= 11 is 0. The zero-order valence-corrected chi connectivity index (χ0v) is 17.6. The van der Waals surface area contributed by atoms with Gasteiger partial charge >= 0.3 is 0 Å². The van der Waals surface area contributed by atoms with Gasteiger partial charge in [0.2, 0.25) is 10.0 Å². The number of carbonyl (C=O) groups excluding carboxylic acids is 1. The van der Waals surface area contributed by atoms with Gasteiger partial charge in [0, 0.05) is 31.6 Å². The highest BCUT2D eigenvalue weighted by atomic mass is 32.2. The van der Waals surface area contributed by atoms with Crippen molar-refractivity contribution in [2.45, 2.75) is 13.8 Å². The summed E-state index contributed by atoms with van der Waals surface area (Å²) in [6, 6.07) is 15.1. The molecule has 0 spiro atoms. The van der Waals surface area contributed by atoms with Crippen LogP contribution in [0.15, 0.2) is 53.9 Å². The van der Waals surface area contributed by atoms with E-state index in [9.17, 15) is 13.2 Å². The van der Waals surface area contributed by atoms with E-state index in [1.54, 1.807) is 11.0 Å². The number of hydrogen-bond donors (Lipinski definition) is 0. The lowest BCUT2D eigenvalue weighted by Crippen LogP contribution is -2.51. The molecule has 1 aliphatic heterocycles. The maximum atomic E-state index is 12.5. The minimum Gasteiger partial charge on any atom is -0.484 e. The van der Waals surface area contributed by atoms with Crippen molar-refractivity contribution in [3.8, 4) is 5.75 Å². The van der Waals surface area contributed by atoms with Crippen LogP contribution in [0, 0.1) is 13.8 Å². The first-order chi connectivity index (χ1) is 13.8. The standard InChI is InChI=1S/C22H26N2O4S/c1-18-14-19(2)16-21(15-18)28-17-22(25)23-9-11-24(12-10-23)29(26,27)13-8-20-6-4-3-5-7-20/h3-8,13-16H,9-12,17H2,1-2H3/b13-8+. The number of carbonyl (C=O) groups is 1. The molecule has 1 aliphatic rings. The third kappa shape index (κ3) is 5.92. The van der Waals surface area contributed by atoms with Gasteiger partial charge in [0.1, 0.15) is 5.75 Å². The maximum absolute atomic E-state index is 12.5. The highest BCUT2D eigenvalue weighted by molar-refractivity contribution is 7.92. The lowest BCUT2D eigenvalue weighted by molar-refractivity contribution is -0.134. The highest BCUT2D eigenvalue weighted by Crippen LogP contribution is 2.17. The number of hydrogen-bond acceptors (Lipinski definition) is 4. The zero-order valence-electron chi connectivity index (χ0n) is 16.7. The number of sulfonamides is 1. The van der Waals surface area contributed by atoms with E-state index in [0.717, 1.165) is 16.7 Å². The number of aryl methyl sites for hydroxylation is 2. The third-order valence-electron chi connectivity index (χ3n) is 4.74. The number of benzene rings is 2. The Morgan fingerprint density at radius 3 is 2.24 bits per heavy atom. The molecule has 0 N–H and O–H groups in total. The van der Waals surface area contributed by atoms with Gasteiger partial charge in [-0.3, -0.25) is 4.79 Å². The smallest absolute Gasteiger partial charge is 0.260 e. The summed E-state index contributed by atoms with van der Waals surface area (Å²) in [5.74, 6) is 0.532. The molecule has 1 fully saturated rings. The van der Waals surface area contributed by atoms with Crippen LogP contribution in [0.1, 0.15) is 16.7 Å². The first-order valence-corrected chi connectivity index (χ1v) is 11.1. The van der Waals surface area contributed by atoms with Crippen molar-refractivity contribution in [2.75, 3.05) is 32.8 Å². The molecule has 0 unspecified atom stereocenters. The van der Waals surface area contributed by atoms with E-state index in [1.807, 2.05) is 62.4 Å². The minimum atomic E-state index is -3.51. The number of nitrogens with zero attached hydrogens (tertiary/aromatic N) is 2. The molecule has 0 bridgehead atoms. The number of piperazine rings is 1. The van der Waals surface area contributed by atoms with Crippen molar-refractivity contribution >= 4 is 22.0 Å². The normalized spacial score (nSPS) is 15.6. The Kier molecular flexibility index (Phi) is 6.71. The van der Waals surface area contributed by atoms with Crippen molar-refractivity contribution in [3.63, 3.8) is 0 Å². The van der Waals surface area contributed by atoms with E-state index in [2.05, 4.69) is 0 Å². The fourth-order valence-corrected chi connectivity index (χ4v) is 4.43. The third-order valence-corrected chi connectivity index (χ3v) is 6.31. The Balaban J connectivity index is 1.51. The molecule has 0 saturated carbocycles. The van der Waals surface area contributed by atoms with Crippen molar-refractivity contribution in [2.24, 2.45) is 0 Å². The summed E-state index contributed by atoms with van der Waals surface area (Å²) in [5, 5.41) is 1.23. The molecule has 154 valence electrons. The van der Waals surface area contributed by atoms with Gasteiger partial charge in [-0.1, -0.05) is 36.4 Å². The largest absolute Gasteiger partial charge is 0.484 e. The highest BCUT2D eigenvalue weighted by Gasteiger charge is 2.27. The number of amides is 1. The summed E-state index contributed by atoms with van der Waals surface area (Å²) in [7, 11) is -3.51. The fourth-order valence-electron chi connectivity index (χ4n) is 3.26. The Bertz CT molecular complexity index is 959. The quantitative estimate of drug-likeness (QED) is 0.729. The summed E-state index contributed by atoms with van der Waals surface area (Å²) in [6.45, 7) is 5.17. The van der Waals surface area contributed by atoms with Crippen molar-refractivity contribution in [3.05, 3.63) is 70.6 Å². The topological polar surface area (TPSA) is 66.9 Å². The first kappa shape index (κ1) is 21.1. The molecule has 3 rings (SSSR count). The molecular formula is C22H26N2O4S. The predicted octanol–water partition coefficient (Wildman–Crippen LogP) is 2.83. The average molecular weight is 415 g/mol. The van der Waals surface area contributed by atoms with Crippen LogP contribution in [-0.2, 0) is 14.8 Å². The van der Waals surface area contributed by atoms with E-state index in [4.69, 9.17) is 4.74 Å². The number of rotatable bonds is 6. The molecule has 0 aromatic heterocycles. The van der Waals surface area contributed by atoms with Crippen LogP contribution in [-0.4, -0.2) is 56.3 Å². The molecule has 0 atom stereocenters. The summed E-state index contributed by atoms with van der Waals surface area (Å²) in [5.41, 5.74) is 2.98. The van der Waals surface area contributed by atoms with Crippen molar-refractivity contribution < 1.29 is 17.9 Å².